The first kappa shape index (κ1) is 40.6. The van der Waals surface area contributed by atoms with Crippen LogP contribution in [-0.2, 0) is 30.8 Å². The molecule has 0 aliphatic heterocycles. The van der Waals surface area contributed by atoms with Crippen LogP contribution in [0.15, 0.2) is 130 Å². The third-order valence-electron chi connectivity index (χ3n) is 9.37. The van der Waals surface area contributed by atoms with Gasteiger partial charge in [-0.2, -0.15) is 0 Å². The third kappa shape index (κ3) is 9.47. The van der Waals surface area contributed by atoms with Gasteiger partial charge in [-0.25, -0.2) is 0 Å². The second-order valence-corrected chi connectivity index (χ2v) is 37.4. The molecule has 2 aromatic heterocycles. The van der Waals surface area contributed by atoms with E-state index in [-0.39, 0.29) is 5.43 Å². The van der Waals surface area contributed by atoms with Crippen LogP contribution in [0.3, 0.4) is 0 Å². The van der Waals surface area contributed by atoms with Crippen molar-refractivity contribution in [1.29, 1.82) is 0 Å². The molecule has 0 unspecified atom stereocenters. The second-order valence-electron chi connectivity index (χ2n) is 13.5. The topological polar surface area (TPSA) is 26.3 Å². The van der Waals surface area contributed by atoms with Gasteiger partial charge in [-0.3, -0.25) is 0 Å². The zero-order valence-corrected chi connectivity index (χ0v) is 37.8. The number of halogens is 4. The van der Waals surface area contributed by atoms with Crippen LogP contribution in [-0.4, -0.2) is 5.43 Å². The first-order valence-electron chi connectivity index (χ1n) is 18.0. The van der Waals surface area contributed by atoms with E-state index in [1.165, 1.54) is 43.8 Å². The summed E-state index contributed by atoms with van der Waals surface area (Å²) in [4.78, 5) is 0. The quantitative estimate of drug-likeness (QED) is 0.123. The minimum atomic E-state index is -1.65. The Morgan fingerprint density at radius 3 is 1.30 bits per heavy atom. The number of hydrogen-bond donors (Lipinski definition) is 0. The molecule has 0 N–H and O–H groups in total. The van der Waals surface area contributed by atoms with E-state index in [4.69, 9.17) is 49.1 Å². The Balaban J connectivity index is 0.000000160. The van der Waals surface area contributed by atoms with Crippen LogP contribution < -0.4 is 0 Å². The van der Waals surface area contributed by atoms with E-state index in [9.17, 15) is 0 Å². The minimum absolute atomic E-state index is 0.224. The molecule has 6 aromatic carbocycles. The van der Waals surface area contributed by atoms with Crippen molar-refractivity contribution in [3.8, 4) is 44.9 Å². The molecule has 2 heterocycles. The Morgan fingerprint density at radius 2 is 0.981 bits per heavy atom. The molecule has 0 amide bonds. The molecule has 2 nitrogen and oxygen atoms in total. The Morgan fingerprint density at radius 1 is 0.574 bits per heavy atom. The van der Waals surface area contributed by atoms with Gasteiger partial charge in [0.15, 0.2) is 0 Å². The van der Waals surface area contributed by atoms with Gasteiger partial charge in [-0.1, -0.05) is 95.7 Å². The van der Waals surface area contributed by atoms with Crippen molar-refractivity contribution < 1.29 is 26.8 Å². The van der Waals surface area contributed by atoms with Crippen molar-refractivity contribution in [3.63, 3.8) is 0 Å². The Kier molecular flexibility index (Phi) is 13.7. The number of rotatable bonds is 6. The molecule has 276 valence electrons. The van der Waals surface area contributed by atoms with Crippen LogP contribution in [0, 0.1) is 13.8 Å². The van der Waals surface area contributed by atoms with E-state index in [1.807, 2.05) is 74.5 Å². The SMILES string of the molecule is CCc1ccc2[cH-]c(-c3ccc(C)o3)cc2c1-c1cccc(Cl)c1.CCc1ccc2[cH-]c(-c3ccc(C)o3)cc2c1-c1cccc(Cl)c1.C[Si](C)=[Zr]([Cl])[Cl]. The van der Waals surface area contributed by atoms with Crippen LogP contribution in [0.25, 0.3) is 66.4 Å². The first-order chi connectivity index (χ1) is 25.9. The predicted octanol–water partition coefficient (Wildman–Crippen LogP) is 16.2. The summed E-state index contributed by atoms with van der Waals surface area (Å²) < 4.78 is 11.6. The van der Waals surface area contributed by atoms with Crippen LogP contribution in [0.4, 0.5) is 0 Å². The Hall–Kier alpha value is -3.08. The standard InChI is InChI=1S/2C22H18ClO.C2H6Si.2ClH.Zr/c2*1-3-15-8-9-16-11-18(21-10-7-14(2)24-21)13-20(16)22(15)17-5-4-6-19(23)12-17;1-3-2;;;/h2*4-13H,3H2,1-2H3;1-2H3;2*1H;/q2*-1;;;;+2/p-2. The molecule has 54 heavy (non-hydrogen) atoms. The van der Waals surface area contributed by atoms with E-state index in [2.05, 4.69) is 87.6 Å². The zero-order valence-electron chi connectivity index (χ0n) is 31.3. The number of aryl methyl sites for hydroxylation is 4. The molecule has 0 spiro atoms. The van der Waals surface area contributed by atoms with E-state index in [0.717, 1.165) is 68.2 Å². The molecule has 0 fully saturated rings. The Labute approximate surface area is 343 Å². The summed E-state index contributed by atoms with van der Waals surface area (Å²) in [6.45, 7) is 12.7. The molecular weight excluding hydrogens is 846 g/mol. The number of fused-ring (bicyclic) bond motifs is 2. The van der Waals surface area contributed by atoms with Gasteiger partial charge in [-0.05, 0) is 97.5 Å². The summed E-state index contributed by atoms with van der Waals surface area (Å²) >= 11 is 10.8. The van der Waals surface area contributed by atoms with Crippen molar-refractivity contribution >= 4 is 67.2 Å². The van der Waals surface area contributed by atoms with Crippen molar-refractivity contribution in [2.24, 2.45) is 0 Å². The summed E-state index contributed by atoms with van der Waals surface area (Å²) in [6.07, 6.45) is 1.97. The molecular formula is C46H42Cl4O2SiZr-2. The van der Waals surface area contributed by atoms with Crippen LogP contribution in [0.2, 0.25) is 23.1 Å². The summed E-state index contributed by atoms with van der Waals surface area (Å²) in [5.74, 6) is 3.69. The molecule has 0 radical (unpaired) electrons. The van der Waals surface area contributed by atoms with Crippen molar-refractivity contribution in [2.75, 3.05) is 0 Å². The van der Waals surface area contributed by atoms with Gasteiger partial charge in [-0.15, -0.1) is 57.9 Å². The molecule has 8 rings (SSSR count). The third-order valence-corrected chi connectivity index (χ3v) is 29.6. The second kappa shape index (κ2) is 18.2. The van der Waals surface area contributed by atoms with Gasteiger partial charge in [0, 0.05) is 10.0 Å². The van der Waals surface area contributed by atoms with E-state index in [0.29, 0.717) is 0 Å². The van der Waals surface area contributed by atoms with E-state index < -0.39 is 18.0 Å². The Bertz CT molecular complexity index is 2400. The number of furan rings is 2. The number of benzene rings is 4. The fraction of sp³-hybridized carbons (Fsp3) is 0.174. The van der Waals surface area contributed by atoms with Gasteiger partial charge >= 0.3 is 53.5 Å². The summed E-state index contributed by atoms with van der Waals surface area (Å²) in [5, 5.41) is 6.48. The fourth-order valence-corrected chi connectivity index (χ4v) is 7.06. The normalized spacial score (nSPS) is 10.9. The number of hydrogen-bond acceptors (Lipinski definition) is 2. The van der Waals surface area contributed by atoms with Crippen LogP contribution >= 0.6 is 40.2 Å². The summed E-state index contributed by atoms with van der Waals surface area (Å²) in [7, 11) is 11.2. The average molecular weight is 888 g/mol. The van der Waals surface area contributed by atoms with Gasteiger partial charge in [0.25, 0.3) is 0 Å². The maximum absolute atomic E-state index is 6.23. The van der Waals surface area contributed by atoms with Gasteiger partial charge in [0.05, 0.1) is 23.0 Å². The molecule has 0 saturated carbocycles. The van der Waals surface area contributed by atoms with Crippen LogP contribution in [0.1, 0.15) is 36.5 Å². The average Bonchev–Trinajstić information content (AvgIpc) is 3.97. The predicted molar refractivity (Wildman–Crippen MR) is 233 cm³/mol. The molecule has 0 saturated heterocycles. The van der Waals surface area contributed by atoms with Crippen molar-refractivity contribution in [3.05, 3.63) is 154 Å². The van der Waals surface area contributed by atoms with Gasteiger partial charge in [0.1, 0.15) is 0 Å². The molecule has 0 aliphatic carbocycles. The van der Waals surface area contributed by atoms with E-state index in [1.54, 1.807) is 0 Å². The van der Waals surface area contributed by atoms with Crippen LogP contribution in [0.5, 0.6) is 0 Å². The molecule has 8 aromatic rings. The van der Waals surface area contributed by atoms with Crippen molar-refractivity contribution in [1.82, 2.24) is 0 Å². The monoisotopic (exact) mass is 884 g/mol. The van der Waals surface area contributed by atoms with E-state index >= 15 is 0 Å². The van der Waals surface area contributed by atoms with Gasteiger partial charge in [0.2, 0.25) is 0 Å². The molecule has 0 aliphatic rings. The fourth-order valence-electron chi connectivity index (χ4n) is 6.68. The first-order valence-corrected chi connectivity index (χ1v) is 31.3. The summed E-state index contributed by atoms with van der Waals surface area (Å²) in [5.41, 5.74) is 9.55. The van der Waals surface area contributed by atoms with Crippen molar-refractivity contribution in [2.45, 2.75) is 53.6 Å². The molecule has 0 bridgehead atoms. The maximum atomic E-state index is 6.23. The zero-order chi connectivity index (χ0) is 38.5. The molecule has 0 atom stereocenters. The molecule has 8 heteroatoms. The summed E-state index contributed by atoms with van der Waals surface area (Å²) in [6, 6.07) is 41.9. The van der Waals surface area contributed by atoms with Gasteiger partial charge < -0.3 is 8.83 Å².